The van der Waals surface area contributed by atoms with E-state index >= 15 is 0 Å². The van der Waals surface area contributed by atoms with Gasteiger partial charge in [-0.05, 0) is 32.1 Å². The predicted molar refractivity (Wildman–Crippen MR) is 74.2 cm³/mol. The van der Waals surface area contributed by atoms with E-state index in [9.17, 15) is 4.79 Å². The van der Waals surface area contributed by atoms with Crippen molar-refractivity contribution in [2.75, 3.05) is 13.1 Å². The average molecular weight is 294 g/mol. The van der Waals surface area contributed by atoms with Gasteiger partial charge in [0.05, 0.1) is 11.9 Å². The minimum Gasteiger partial charge on any atom is -0.314 e. The number of hydrogen-bond donors (Lipinski definition) is 2. The lowest BCUT2D eigenvalue weighted by atomic mass is 9.85. The minimum atomic E-state index is -0.0561. The Morgan fingerprint density at radius 3 is 2.61 bits per heavy atom. The summed E-state index contributed by atoms with van der Waals surface area (Å²) in [5, 5.41) is -0.0281. The van der Waals surface area contributed by atoms with Crippen LogP contribution in [0.25, 0.3) is 0 Å². The third-order valence-corrected chi connectivity index (χ3v) is 5.47. The van der Waals surface area contributed by atoms with Gasteiger partial charge in [-0.25, -0.2) is 0 Å². The first kappa shape index (κ1) is 14.6. The first-order valence-electron chi connectivity index (χ1n) is 6.99. The molecule has 2 rings (SSSR count). The number of carbonyl (C=O) groups excluding carboxylic acids is 1. The quantitative estimate of drug-likeness (QED) is 0.761. The summed E-state index contributed by atoms with van der Waals surface area (Å²) in [6.45, 7) is 1.60. The van der Waals surface area contributed by atoms with Gasteiger partial charge in [-0.3, -0.25) is 10.5 Å². The molecule has 5 heteroatoms. The number of halogens is 2. The fraction of sp³-hybridized carbons (Fsp3) is 0.923. The topological polar surface area (TPSA) is 47.5 Å². The second-order valence-electron chi connectivity index (χ2n) is 5.70. The highest BCUT2D eigenvalue weighted by Gasteiger charge is 2.34. The van der Waals surface area contributed by atoms with Crippen molar-refractivity contribution in [2.24, 2.45) is 11.7 Å². The molecule has 2 fully saturated rings. The summed E-state index contributed by atoms with van der Waals surface area (Å²) in [6, 6.07) is 0. The third-order valence-electron chi connectivity index (χ3n) is 4.34. The molecule has 1 saturated heterocycles. The molecule has 0 radical (unpaired) electrons. The molecule has 0 aromatic heterocycles. The monoisotopic (exact) mass is 293 g/mol. The first-order valence-corrected chi connectivity index (χ1v) is 7.86. The molecule has 1 saturated carbocycles. The fourth-order valence-electron chi connectivity index (χ4n) is 3.06. The number of ketones is 1. The number of piperidine rings is 1. The number of Topliss-reactive ketones (excluding diaryl/α,β-unsaturated/α-hetero) is 1. The maximum absolute atomic E-state index is 12.3. The van der Waals surface area contributed by atoms with Crippen LogP contribution in [0.3, 0.4) is 0 Å². The van der Waals surface area contributed by atoms with Crippen molar-refractivity contribution in [1.82, 2.24) is 0 Å². The van der Waals surface area contributed by atoms with Gasteiger partial charge in [-0.2, -0.15) is 0 Å². The third kappa shape index (κ3) is 3.60. The summed E-state index contributed by atoms with van der Waals surface area (Å²) in [5.41, 5.74) is 6.07. The lowest BCUT2D eigenvalue weighted by Gasteiger charge is -2.32. The van der Waals surface area contributed by atoms with Gasteiger partial charge in [0.25, 0.3) is 0 Å². The second-order valence-corrected chi connectivity index (χ2v) is 6.82. The number of likely N-dealkylation sites (tertiary alicyclic amines) is 1. The van der Waals surface area contributed by atoms with Crippen LogP contribution in [0.15, 0.2) is 0 Å². The molecule has 104 valence electrons. The van der Waals surface area contributed by atoms with E-state index in [1.54, 1.807) is 0 Å². The van der Waals surface area contributed by atoms with Crippen molar-refractivity contribution < 1.29 is 9.69 Å². The molecular weight excluding hydrogens is 271 g/mol. The number of alkyl halides is 2. The standard InChI is InChI=1S/C13H22Cl2N2O/c14-10-5-4-9(7-11(10)15)12(18)8-17-6-2-1-3-13(17)16/h9-11,13H,1-8,16H2/p+1. The summed E-state index contributed by atoms with van der Waals surface area (Å²) in [7, 11) is 0. The Morgan fingerprint density at radius 1 is 1.17 bits per heavy atom. The van der Waals surface area contributed by atoms with E-state index in [2.05, 4.69) is 0 Å². The summed E-state index contributed by atoms with van der Waals surface area (Å²) in [4.78, 5) is 13.5. The molecule has 18 heavy (non-hydrogen) atoms. The molecule has 0 amide bonds. The molecule has 0 aromatic rings. The van der Waals surface area contributed by atoms with E-state index in [-0.39, 0.29) is 22.8 Å². The van der Waals surface area contributed by atoms with Crippen LogP contribution in [0, 0.1) is 5.92 Å². The van der Waals surface area contributed by atoms with E-state index < -0.39 is 0 Å². The molecule has 1 aliphatic carbocycles. The predicted octanol–water partition coefficient (Wildman–Crippen LogP) is 0.924. The van der Waals surface area contributed by atoms with Gasteiger partial charge in [0.15, 0.2) is 5.78 Å². The zero-order chi connectivity index (χ0) is 13.1. The number of nitrogens with one attached hydrogen (secondary N) is 1. The Morgan fingerprint density at radius 2 is 1.94 bits per heavy atom. The van der Waals surface area contributed by atoms with Crippen molar-refractivity contribution >= 4 is 29.0 Å². The van der Waals surface area contributed by atoms with Gasteiger partial charge in [-0.1, -0.05) is 0 Å². The van der Waals surface area contributed by atoms with Gasteiger partial charge in [-0.15, -0.1) is 23.2 Å². The molecule has 5 unspecified atom stereocenters. The maximum Gasteiger partial charge on any atom is 0.189 e. The summed E-state index contributed by atoms with van der Waals surface area (Å²) in [6.07, 6.45) is 6.03. The Kier molecular flexibility index (Phi) is 5.31. The van der Waals surface area contributed by atoms with E-state index in [1.165, 1.54) is 17.7 Å². The van der Waals surface area contributed by atoms with Crippen LogP contribution in [-0.2, 0) is 4.79 Å². The fourth-order valence-corrected chi connectivity index (χ4v) is 3.63. The molecule has 0 aromatic carbocycles. The smallest absolute Gasteiger partial charge is 0.189 e. The Balaban J connectivity index is 1.84. The lowest BCUT2D eigenvalue weighted by molar-refractivity contribution is -0.922. The zero-order valence-corrected chi connectivity index (χ0v) is 12.2. The van der Waals surface area contributed by atoms with E-state index in [1.807, 2.05) is 0 Å². The largest absolute Gasteiger partial charge is 0.314 e. The molecule has 5 atom stereocenters. The van der Waals surface area contributed by atoms with Crippen molar-refractivity contribution in [3.05, 3.63) is 0 Å². The van der Waals surface area contributed by atoms with Gasteiger partial charge in [0.2, 0.25) is 0 Å². The van der Waals surface area contributed by atoms with Gasteiger partial charge in [0, 0.05) is 17.7 Å². The normalized spacial score (nSPS) is 41.6. The van der Waals surface area contributed by atoms with E-state index in [0.717, 1.165) is 32.2 Å². The first-order chi connectivity index (χ1) is 8.58. The number of quaternary nitrogens is 1. The summed E-state index contributed by atoms with van der Waals surface area (Å²) < 4.78 is 0. The Bertz CT molecular complexity index is 301. The molecule has 3 N–H and O–H groups in total. The molecule has 3 nitrogen and oxygen atoms in total. The summed E-state index contributed by atoms with van der Waals surface area (Å²) in [5.74, 6) is 0.431. The van der Waals surface area contributed by atoms with Crippen LogP contribution in [0.4, 0.5) is 0 Å². The van der Waals surface area contributed by atoms with E-state index in [0.29, 0.717) is 12.3 Å². The average Bonchev–Trinajstić information content (AvgIpc) is 2.35. The van der Waals surface area contributed by atoms with Crippen LogP contribution in [-0.4, -0.2) is 35.8 Å². The van der Waals surface area contributed by atoms with Crippen LogP contribution >= 0.6 is 23.2 Å². The molecular formula is C13H23Cl2N2O+. The lowest BCUT2D eigenvalue weighted by Crippen LogP contribution is -3.19. The molecule has 1 heterocycles. The Hall–Kier alpha value is 0.170. The van der Waals surface area contributed by atoms with Crippen LogP contribution < -0.4 is 10.6 Å². The highest BCUT2D eigenvalue weighted by Crippen LogP contribution is 2.31. The highest BCUT2D eigenvalue weighted by atomic mass is 35.5. The van der Waals surface area contributed by atoms with Gasteiger partial charge < -0.3 is 4.90 Å². The zero-order valence-electron chi connectivity index (χ0n) is 10.7. The summed E-state index contributed by atoms with van der Waals surface area (Å²) >= 11 is 12.2. The number of hydrogen-bond acceptors (Lipinski definition) is 2. The van der Waals surface area contributed by atoms with Crippen LogP contribution in [0.2, 0.25) is 0 Å². The number of carbonyl (C=O) groups is 1. The second kappa shape index (κ2) is 6.56. The number of nitrogens with two attached hydrogens (primary N) is 1. The molecule has 0 bridgehead atoms. The molecule has 1 aliphatic heterocycles. The molecule has 2 aliphatic rings. The van der Waals surface area contributed by atoms with Crippen molar-refractivity contribution in [2.45, 2.75) is 55.4 Å². The van der Waals surface area contributed by atoms with Crippen LogP contribution in [0.5, 0.6) is 0 Å². The number of rotatable bonds is 3. The van der Waals surface area contributed by atoms with Gasteiger partial charge >= 0.3 is 0 Å². The van der Waals surface area contributed by atoms with Gasteiger partial charge in [0.1, 0.15) is 12.7 Å². The highest BCUT2D eigenvalue weighted by molar-refractivity contribution is 6.30. The SMILES string of the molecule is NC1CCCC[NH+]1CC(=O)C1CCC(Cl)C(Cl)C1. The van der Waals surface area contributed by atoms with Crippen molar-refractivity contribution in [3.8, 4) is 0 Å². The van der Waals surface area contributed by atoms with Crippen molar-refractivity contribution in [1.29, 1.82) is 0 Å². The van der Waals surface area contributed by atoms with Crippen LogP contribution in [0.1, 0.15) is 38.5 Å². The molecule has 0 spiro atoms. The minimum absolute atomic E-state index is 0.0281. The Labute approximate surface area is 119 Å². The van der Waals surface area contributed by atoms with E-state index in [4.69, 9.17) is 28.9 Å². The van der Waals surface area contributed by atoms with Crippen molar-refractivity contribution in [3.63, 3.8) is 0 Å². The maximum atomic E-state index is 12.3.